The predicted octanol–water partition coefficient (Wildman–Crippen LogP) is 2.20. The monoisotopic (exact) mass is 268 g/mol. The molecule has 2 rings (SSSR count). The van der Waals surface area contributed by atoms with Crippen LogP contribution in [0.3, 0.4) is 0 Å². The summed E-state index contributed by atoms with van der Waals surface area (Å²) < 4.78 is 0. The van der Waals surface area contributed by atoms with Gasteiger partial charge in [-0.1, -0.05) is 24.6 Å². The number of hydrogen-bond donors (Lipinski definition) is 3. The maximum Gasteiger partial charge on any atom is 0.329 e. The average Bonchev–Trinajstić information content (AvgIpc) is 2.32. The highest BCUT2D eigenvalue weighted by Crippen LogP contribution is 2.30. The van der Waals surface area contributed by atoms with Gasteiger partial charge in [-0.25, -0.2) is 4.79 Å². The van der Waals surface area contributed by atoms with Gasteiger partial charge >= 0.3 is 5.97 Å². The zero-order chi connectivity index (χ0) is 13.2. The van der Waals surface area contributed by atoms with Crippen molar-refractivity contribution in [3.63, 3.8) is 0 Å². The van der Waals surface area contributed by atoms with Crippen LogP contribution in [-0.2, 0) is 4.79 Å². The molecule has 0 aliphatic carbocycles. The van der Waals surface area contributed by atoms with Crippen molar-refractivity contribution in [2.24, 2.45) is 5.92 Å². The lowest BCUT2D eigenvalue weighted by Gasteiger charge is -2.40. The molecule has 0 amide bonds. The summed E-state index contributed by atoms with van der Waals surface area (Å²) in [6, 6.07) is 7.17. The van der Waals surface area contributed by atoms with Gasteiger partial charge in [0.25, 0.3) is 0 Å². The number of carboxylic acids is 1. The smallest absolute Gasteiger partial charge is 0.329 e. The maximum atomic E-state index is 11.7. The fourth-order valence-corrected chi connectivity index (χ4v) is 2.60. The van der Waals surface area contributed by atoms with Crippen LogP contribution in [0.5, 0.6) is 0 Å². The Morgan fingerprint density at radius 3 is 3.00 bits per heavy atom. The third kappa shape index (κ3) is 2.44. The Kier molecular flexibility index (Phi) is 3.78. The molecule has 0 saturated carbocycles. The number of piperidine rings is 1. The second-order valence-electron chi connectivity index (χ2n) is 4.77. The Morgan fingerprint density at radius 1 is 1.61 bits per heavy atom. The SMILES string of the molecule is CC1CNCCC1(Nc1cccc(Cl)c1)C(=O)O. The van der Waals surface area contributed by atoms with E-state index < -0.39 is 11.5 Å². The summed E-state index contributed by atoms with van der Waals surface area (Å²) in [5, 5.41) is 16.5. The van der Waals surface area contributed by atoms with Crippen molar-refractivity contribution in [1.82, 2.24) is 5.32 Å². The average molecular weight is 269 g/mol. The first kappa shape index (κ1) is 13.2. The molecule has 1 heterocycles. The van der Waals surface area contributed by atoms with Gasteiger partial charge in [-0.2, -0.15) is 0 Å². The minimum Gasteiger partial charge on any atom is -0.479 e. The largest absolute Gasteiger partial charge is 0.479 e. The Morgan fingerprint density at radius 2 is 2.39 bits per heavy atom. The number of nitrogens with one attached hydrogen (secondary N) is 2. The van der Waals surface area contributed by atoms with Crippen LogP contribution in [0.1, 0.15) is 13.3 Å². The highest BCUT2D eigenvalue weighted by molar-refractivity contribution is 6.30. The van der Waals surface area contributed by atoms with Gasteiger partial charge in [0.15, 0.2) is 0 Å². The van der Waals surface area contributed by atoms with E-state index in [-0.39, 0.29) is 5.92 Å². The molecule has 98 valence electrons. The molecule has 5 heteroatoms. The Hall–Kier alpha value is -1.26. The van der Waals surface area contributed by atoms with Gasteiger partial charge in [-0.05, 0) is 31.2 Å². The van der Waals surface area contributed by atoms with Crippen molar-refractivity contribution in [2.45, 2.75) is 18.9 Å². The minimum atomic E-state index is -0.921. The molecule has 4 nitrogen and oxygen atoms in total. The molecular formula is C13H17ClN2O2. The van der Waals surface area contributed by atoms with Crippen molar-refractivity contribution in [1.29, 1.82) is 0 Å². The first-order valence-electron chi connectivity index (χ1n) is 6.02. The number of hydrogen-bond acceptors (Lipinski definition) is 3. The molecule has 1 saturated heterocycles. The van der Waals surface area contributed by atoms with E-state index in [1.807, 2.05) is 19.1 Å². The molecule has 2 atom stereocenters. The molecule has 1 aromatic rings. The van der Waals surface area contributed by atoms with Crippen LogP contribution in [0.25, 0.3) is 0 Å². The number of carboxylic acid groups (broad SMARTS) is 1. The predicted molar refractivity (Wildman–Crippen MR) is 72.1 cm³/mol. The fraction of sp³-hybridized carbons (Fsp3) is 0.462. The van der Waals surface area contributed by atoms with E-state index in [0.29, 0.717) is 24.5 Å². The lowest BCUT2D eigenvalue weighted by Crippen LogP contribution is -2.59. The number of halogens is 1. The van der Waals surface area contributed by atoms with Gasteiger partial charge in [0.1, 0.15) is 5.54 Å². The van der Waals surface area contributed by atoms with E-state index >= 15 is 0 Å². The molecule has 0 bridgehead atoms. The van der Waals surface area contributed by atoms with Gasteiger partial charge in [0, 0.05) is 23.2 Å². The molecule has 18 heavy (non-hydrogen) atoms. The fourth-order valence-electron chi connectivity index (χ4n) is 2.41. The molecule has 0 spiro atoms. The first-order valence-corrected chi connectivity index (χ1v) is 6.40. The molecule has 1 aromatic carbocycles. The summed E-state index contributed by atoms with van der Waals surface area (Å²) in [5.41, 5.74) is -0.172. The molecule has 1 aliphatic rings. The van der Waals surface area contributed by atoms with E-state index in [9.17, 15) is 9.90 Å². The highest BCUT2D eigenvalue weighted by atomic mass is 35.5. The Balaban J connectivity index is 2.28. The summed E-state index contributed by atoms with van der Waals surface area (Å²) in [5.74, 6) is -0.806. The van der Waals surface area contributed by atoms with Crippen molar-refractivity contribution < 1.29 is 9.90 Å². The van der Waals surface area contributed by atoms with Crippen LogP contribution in [0.2, 0.25) is 5.02 Å². The van der Waals surface area contributed by atoms with Gasteiger partial charge in [0.2, 0.25) is 0 Å². The lowest BCUT2D eigenvalue weighted by molar-refractivity contribution is -0.145. The van der Waals surface area contributed by atoms with E-state index in [2.05, 4.69) is 10.6 Å². The molecule has 1 aliphatic heterocycles. The van der Waals surface area contributed by atoms with Crippen LogP contribution in [0, 0.1) is 5.92 Å². The summed E-state index contributed by atoms with van der Waals surface area (Å²) in [4.78, 5) is 11.7. The van der Waals surface area contributed by atoms with Crippen LogP contribution in [-0.4, -0.2) is 29.7 Å². The topological polar surface area (TPSA) is 61.4 Å². The quantitative estimate of drug-likeness (QED) is 0.787. The number of carbonyl (C=O) groups is 1. The molecule has 0 radical (unpaired) electrons. The van der Waals surface area contributed by atoms with Crippen LogP contribution in [0.15, 0.2) is 24.3 Å². The maximum absolute atomic E-state index is 11.7. The van der Waals surface area contributed by atoms with Crippen molar-refractivity contribution in [2.75, 3.05) is 18.4 Å². The summed E-state index contributed by atoms with van der Waals surface area (Å²) in [7, 11) is 0. The first-order chi connectivity index (χ1) is 8.54. The second kappa shape index (κ2) is 5.16. The van der Waals surface area contributed by atoms with E-state index in [0.717, 1.165) is 5.69 Å². The third-order valence-corrected chi connectivity index (χ3v) is 3.80. The molecular weight excluding hydrogens is 252 g/mol. The van der Waals surface area contributed by atoms with E-state index in [4.69, 9.17) is 11.6 Å². The van der Waals surface area contributed by atoms with E-state index in [1.165, 1.54) is 0 Å². The van der Waals surface area contributed by atoms with Crippen molar-refractivity contribution in [3.8, 4) is 0 Å². The van der Waals surface area contributed by atoms with Crippen LogP contribution in [0.4, 0.5) is 5.69 Å². The second-order valence-corrected chi connectivity index (χ2v) is 5.20. The summed E-state index contributed by atoms with van der Waals surface area (Å²) in [6.07, 6.45) is 0.552. The Labute approximate surface area is 111 Å². The molecule has 0 aromatic heterocycles. The minimum absolute atomic E-state index is 0.00253. The van der Waals surface area contributed by atoms with Gasteiger partial charge < -0.3 is 15.7 Å². The number of rotatable bonds is 3. The normalized spacial score (nSPS) is 27.8. The highest BCUT2D eigenvalue weighted by Gasteiger charge is 2.45. The van der Waals surface area contributed by atoms with E-state index in [1.54, 1.807) is 12.1 Å². The molecule has 3 N–H and O–H groups in total. The van der Waals surface area contributed by atoms with Crippen LogP contribution < -0.4 is 10.6 Å². The number of aliphatic carboxylic acids is 1. The standard InChI is InChI=1S/C13H17ClN2O2/c1-9-8-15-6-5-13(9,12(17)18)16-11-4-2-3-10(14)7-11/h2-4,7,9,15-16H,5-6,8H2,1H3,(H,17,18). The van der Waals surface area contributed by atoms with Gasteiger partial charge in [-0.15, -0.1) is 0 Å². The summed E-state index contributed by atoms with van der Waals surface area (Å²) >= 11 is 5.92. The number of benzene rings is 1. The zero-order valence-electron chi connectivity index (χ0n) is 10.2. The third-order valence-electron chi connectivity index (χ3n) is 3.56. The van der Waals surface area contributed by atoms with Crippen molar-refractivity contribution in [3.05, 3.63) is 29.3 Å². The zero-order valence-corrected chi connectivity index (χ0v) is 11.0. The van der Waals surface area contributed by atoms with Gasteiger partial charge in [0.05, 0.1) is 0 Å². The lowest BCUT2D eigenvalue weighted by atomic mass is 9.79. The Bertz CT molecular complexity index is 452. The number of anilines is 1. The van der Waals surface area contributed by atoms with Crippen molar-refractivity contribution >= 4 is 23.3 Å². The van der Waals surface area contributed by atoms with Crippen LogP contribution >= 0.6 is 11.6 Å². The molecule has 2 unspecified atom stereocenters. The molecule has 1 fully saturated rings. The summed E-state index contributed by atoms with van der Waals surface area (Å²) in [6.45, 7) is 3.34. The van der Waals surface area contributed by atoms with Gasteiger partial charge in [-0.3, -0.25) is 0 Å².